The van der Waals surface area contributed by atoms with Gasteiger partial charge in [-0.2, -0.15) is 15.0 Å². The van der Waals surface area contributed by atoms with Crippen LogP contribution in [0.2, 0.25) is 0 Å². The number of hydrogen-bond acceptors (Lipinski definition) is 8. The van der Waals surface area contributed by atoms with Gasteiger partial charge in [0, 0.05) is 24.8 Å². The molecule has 3 N–H and O–H groups in total. The molecule has 0 radical (unpaired) electrons. The molecule has 0 aromatic carbocycles. The molecule has 9 nitrogen and oxygen atoms in total. The molecule has 0 spiro atoms. The van der Waals surface area contributed by atoms with E-state index in [-0.39, 0.29) is 24.4 Å². The lowest BCUT2D eigenvalue weighted by atomic mass is 10.2. The van der Waals surface area contributed by atoms with Crippen molar-refractivity contribution >= 4 is 39.6 Å². The zero-order valence-corrected chi connectivity index (χ0v) is 16.1. The maximum Gasteiger partial charge on any atom is 0.239 e. The number of nitrogen functional groups attached to an aromatic ring is 1. The first-order valence-electron chi connectivity index (χ1n) is 7.56. The fourth-order valence-electron chi connectivity index (χ4n) is 1.98. The van der Waals surface area contributed by atoms with Gasteiger partial charge in [-0.1, -0.05) is 0 Å². The minimum Gasteiger partial charge on any atom is -0.368 e. The zero-order chi connectivity index (χ0) is 18.6. The molecule has 25 heavy (non-hydrogen) atoms. The van der Waals surface area contributed by atoms with E-state index in [1.807, 2.05) is 39.0 Å². The first kappa shape index (κ1) is 19.0. The molecule has 2 aromatic heterocycles. The zero-order valence-electron chi connectivity index (χ0n) is 14.6. The number of halogens is 1. The number of likely N-dealkylation sites (N-methyl/N-ethyl adjacent to an activating group) is 1. The topological polar surface area (TPSA) is 113 Å². The van der Waals surface area contributed by atoms with Gasteiger partial charge < -0.3 is 16.0 Å². The Balaban J connectivity index is 2.03. The maximum atomic E-state index is 12.2. The van der Waals surface area contributed by atoms with Gasteiger partial charge in [-0.15, -0.1) is 0 Å². The van der Waals surface area contributed by atoms with E-state index in [4.69, 9.17) is 5.73 Å². The van der Waals surface area contributed by atoms with Crippen molar-refractivity contribution in [3.63, 3.8) is 0 Å². The van der Waals surface area contributed by atoms with Crippen molar-refractivity contribution in [2.75, 3.05) is 43.6 Å². The molecular weight excluding hydrogens is 388 g/mol. The normalized spacial score (nSPS) is 12.1. The smallest absolute Gasteiger partial charge is 0.239 e. The summed E-state index contributed by atoms with van der Waals surface area (Å²) in [6.45, 7) is 2.06. The first-order valence-corrected chi connectivity index (χ1v) is 8.36. The van der Waals surface area contributed by atoms with Crippen molar-refractivity contribution in [3.05, 3.63) is 28.6 Å². The number of rotatable bonds is 6. The summed E-state index contributed by atoms with van der Waals surface area (Å²) in [6, 6.07) is 3.32. The standard InChI is InChI=1S/C15H21BrN8O/c1-9(13-20-14(17)22-15(21-13)23(2)3)24(4)8-12(25)19-11-6-5-10(16)7-18-11/h5-7,9H,8H2,1-4H3,(H,18,19,25)(H2,17,20,21,22). The molecule has 134 valence electrons. The monoisotopic (exact) mass is 408 g/mol. The number of nitrogens with one attached hydrogen (secondary N) is 1. The van der Waals surface area contributed by atoms with Crippen LogP contribution in [0.1, 0.15) is 18.8 Å². The second-order valence-electron chi connectivity index (χ2n) is 5.75. The van der Waals surface area contributed by atoms with E-state index in [0.29, 0.717) is 17.6 Å². The average Bonchev–Trinajstić information content (AvgIpc) is 2.55. The minimum atomic E-state index is -0.215. The lowest BCUT2D eigenvalue weighted by molar-refractivity contribution is -0.117. The largest absolute Gasteiger partial charge is 0.368 e. The average molecular weight is 409 g/mol. The number of carbonyl (C=O) groups is 1. The molecule has 0 aliphatic rings. The summed E-state index contributed by atoms with van der Waals surface area (Å²) in [7, 11) is 5.46. The van der Waals surface area contributed by atoms with Gasteiger partial charge in [0.05, 0.1) is 12.6 Å². The van der Waals surface area contributed by atoms with Crippen LogP contribution < -0.4 is 16.0 Å². The van der Waals surface area contributed by atoms with E-state index < -0.39 is 0 Å². The van der Waals surface area contributed by atoms with Crippen LogP contribution in [0.4, 0.5) is 17.7 Å². The van der Waals surface area contributed by atoms with E-state index in [1.165, 1.54) is 0 Å². The molecule has 2 heterocycles. The fourth-order valence-corrected chi connectivity index (χ4v) is 2.21. The van der Waals surface area contributed by atoms with Crippen molar-refractivity contribution < 1.29 is 4.79 Å². The number of nitrogens with two attached hydrogens (primary N) is 1. The summed E-state index contributed by atoms with van der Waals surface area (Å²) in [5.74, 6) is 1.45. The van der Waals surface area contributed by atoms with Gasteiger partial charge >= 0.3 is 0 Å². The number of nitrogens with zero attached hydrogens (tertiary/aromatic N) is 6. The highest BCUT2D eigenvalue weighted by Gasteiger charge is 2.19. The van der Waals surface area contributed by atoms with Crippen LogP contribution in [0.5, 0.6) is 0 Å². The predicted octanol–water partition coefficient (Wildman–Crippen LogP) is 1.31. The molecule has 0 saturated carbocycles. The molecule has 2 rings (SSSR count). The van der Waals surface area contributed by atoms with Gasteiger partial charge in [0.25, 0.3) is 0 Å². The van der Waals surface area contributed by atoms with E-state index in [1.54, 1.807) is 17.2 Å². The van der Waals surface area contributed by atoms with Gasteiger partial charge in [-0.3, -0.25) is 9.69 Å². The van der Waals surface area contributed by atoms with Gasteiger partial charge in [-0.25, -0.2) is 4.98 Å². The Bertz CT molecular complexity index is 737. The van der Waals surface area contributed by atoms with Crippen molar-refractivity contribution in [1.29, 1.82) is 0 Å². The third kappa shape index (κ3) is 5.33. The SMILES string of the molecule is CC(c1nc(N)nc(N(C)C)n1)N(C)CC(=O)Nc1ccc(Br)cn1. The molecule has 10 heteroatoms. The Morgan fingerprint density at radius 1 is 1.28 bits per heavy atom. The quantitative estimate of drug-likeness (QED) is 0.734. The number of anilines is 3. The maximum absolute atomic E-state index is 12.2. The molecule has 0 aliphatic carbocycles. The van der Waals surface area contributed by atoms with Crippen LogP contribution in [0.25, 0.3) is 0 Å². The fraction of sp³-hybridized carbons (Fsp3) is 0.400. The highest BCUT2D eigenvalue weighted by Crippen LogP contribution is 2.17. The highest BCUT2D eigenvalue weighted by molar-refractivity contribution is 9.10. The number of pyridine rings is 1. The van der Waals surface area contributed by atoms with Gasteiger partial charge in [0.15, 0.2) is 5.82 Å². The second-order valence-corrected chi connectivity index (χ2v) is 6.66. The molecule has 1 unspecified atom stereocenters. The summed E-state index contributed by atoms with van der Waals surface area (Å²) in [5, 5.41) is 2.75. The third-order valence-corrected chi connectivity index (χ3v) is 3.95. The Labute approximate surface area is 154 Å². The van der Waals surface area contributed by atoms with Gasteiger partial charge in [0.1, 0.15) is 5.82 Å². The number of amides is 1. The summed E-state index contributed by atoms with van der Waals surface area (Å²) < 4.78 is 0.848. The lowest BCUT2D eigenvalue weighted by Gasteiger charge is -2.23. The van der Waals surface area contributed by atoms with Crippen LogP contribution in [-0.2, 0) is 4.79 Å². The van der Waals surface area contributed by atoms with E-state index in [2.05, 4.69) is 41.2 Å². The third-order valence-electron chi connectivity index (χ3n) is 3.48. The molecule has 2 aromatic rings. The summed E-state index contributed by atoms with van der Waals surface area (Å²) in [4.78, 5) is 32.5. The molecular formula is C15H21BrN8O. The summed E-state index contributed by atoms with van der Waals surface area (Å²) in [6.07, 6.45) is 1.62. The molecule has 0 saturated heterocycles. The van der Waals surface area contributed by atoms with Crippen LogP contribution in [-0.4, -0.2) is 58.4 Å². The first-order chi connectivity index (χ1) is 11.8. The van der Waals surface area contributed by atoms with E-state index >= 15 is 0 Å². The summed E-state index contributed by atoms with van der Waals surface area (Å²) in [5.41, 5.74) is 5.75. The van der Waals surface area contributed by atoms with Crippen LogP contribution in [0.3, 0.4) is 0 Å². The Morgan fingerprint density at radius 2 is 2.00 bits per heavy atom. The van der Waals surface area contributed by atoms with Crippen molar-refractivity contribution in [2.24, 2.45) is 0 Å². The van der Waals surface area contributed by atoms with Crippen molar-refractivity contribution in [1.82, 2.24) is 24.8 Å². The van der Waals surface area contributed by atoms with Crippen LogP contribution >= 0.6 is 15.9 Å². The number of hydrogen-bond donors (Lipinski definition) is 2. The molecule has 1 atom stereocenters. The Kier molecular flexibility index (Phi) is 6.21. The molecule has 0 aliphatic heterocycles. The van der Waals surface area contributed by atoms with Crippen LogP contribution in [0.15, 0.2) is 22.8 Å². The van der Waals surface area contributed by atoms with Crippen molar-refractivity contribution in [3.8, 4) is 0 Å². The lowest BCUT2D eigenvalue weighted by Crippen LogP contribution is -2.33. The molecule has 0 bridgehead atoms. The second kappa shape index (κ2) is 8.17. The Morgan fingerprint density at radius 3 is 2.60 bits per heavy atom. The van der Waals surface area contributed by atoms with E-state index in [9.17, 15) is 4.79 Å². The summed E-state index contributed by atoms with van der Waals surface area (Å²) >= 11 is 3.30. The van der Waals surface area contributed by atoms with Crippen molar-refractivity contribution in [2.45, 2.75) is 13.0 Å². The highest BCUT2D eigenvalue weighted by atomic mass is 79.9. The number of aromatic nitrogens is 4. The van der Waals surface area contributed by atoms with Crippen LogP contribution in [0, 0.1) is 0 Å². The predicted molar refractivity (Wildman–Crippen MR) is 100 cm³/mol. The molecule has 0 fully saturated rings. The molecule has 1 amide bonds. The van der Waals surface area contributed by atoms with Gasteiger partial charge in [-0.05, 0) is 42.0 Å². The van der Waals surface area contributed by atoms with Gasteiger partial charge in [0.2, 0.25) is 17.8 Å². The van der Waals surface area contributed by atoms with E-state index in [0.717, 1.165) is 4.47 Å². The number of carbonyl (C=O) groups excluding carboxylic acids is 1. The Hall–Kier alpha value is -2.33. The minimum absolute atomic E-state index is 0.150.